The summed E-state index contributed by atoms with van der Waals surface area (Å²) < 4.78 is 0. The fraction of sp³-hybridized carbons (Fsp3) is 0.455. The standard InChI is InChI=1S/C11H14ClNO2/c12-10-3-7(1-2-11(10)15)6-13-8-4-9(14)5-8/h1-3,8-9,13-15H,4-6H2. The highest BCUT2D eigenvalue weighted by atomic mass is 35.5. The van der Waals surface area contributed by atoms with Crippen LogP contribution >= 0.6 is 11.6 Å². The molecule has 3 nitrogen and oxygen atoms in total. The Hall–Kier alpha value is -0.770. The van der Waals surface area contributed by atoms with Gasteiger partial charge in [-0.1, -0.05) is 17.7 Å². The highest BCUT2D eigenvalue weighted by molar-refractivity contribution is 6.32. The van der Waals surface area contributed by atoms with Crippen LogP contribution in [-0.2, 0) is 6.54 Å². The van der Waals surface area contributed by atoms with Crippen LogP contribution in [0.5, 0.6) is 5.75 Å². The third-order valence-corrected chi connectivity index (χ3v) is 3.02. The van der Waals surface area contributed by atoms with Crippen LogP contribution < -0.4 is 5.32 Å². The summed E-state index contributed by atoms with van der Waals surface area (Å²) in [5.74, 6) is 0.111. The summed E-state index contributed by atoms with van der Waals surface area (Å²) >= 11 is 5.78. The van der Waals surface area contributed by atoms with E-state index in [1.165, 1.54) is 0 Å². The van der Waals surface area contributed by atoms with Gasteiger partial charge in [-0.2, -0.15) is 0 Å². The van der Waals surface area contributed by atoms with Gasteiger partial charge in [0.05, 0.1) is 11.1 Å². The van der Waals surface area contributed by atoms with Gasteiger partial charge in [-0.3, -0.25) is 0 Å². The second-order valence-corrected chi connectivity index (χ2v) is 4.40. The molecule has 0 aromatic heterocycles. The molecule has 3 N–H and O–H groups in total. The maximum atomic E-state index is 9.23. The van der Waals surface area contributed by atoms with E-state index in [2.05, 4.69) is 5.32 Å². The molecule has 1 fully saturated rings. The quantitative estimate of drug-likeness (QED) is 0.736. The molecule has 0 amide bonds. The van der Waals surface area contributed by atoms with Crippen LogP contribution in [0.1, 0.15) is 18.4 Å². The van der Waals surface area contributed by atoms with E-state index in [1.54, 1.807) is 12.1 Å². The minimum Gasteiger partial charge on any atom is -0.506 e. The van der Waals surface area contributed by atoms with Crippen LogP contribution in [0, 0.1) is 0 Å². The highest BCUT2D eigenvalue weighted by Crippen LogP contribution is 2.24. The van der Waals surface area contributed by atoms with Gasteiger partial charge in [0.15, 0.2) is 0 Å². The van der Waals surface area contributed by atoms with Crippen LogP contribution in [0.3, 0.4) is 0 Å². The summed E-state index contributed by atoms with van der Waals surface area (Å²) in [5.41, 5.74) is 1.04. The Bertz CT molecular complexity index is 350. The lowest BCUT2D eigenvalue weighted by Gasteiger charge is -2.32. The SMILES string of the molecule is Oc1ccc(CNC2CC(O)C2)cc1Cl. The van der Waals surface area contributed by atoms with Crippen molar-refractivity contribution in [3.8, 4) is 5.75 Å². The lowest BCUT2D eigenvalue weighted by Crippen LogP contribution is -2.43. The van der Waals surface area contributed by atoms with Crippen LogP contribution in [-0.4, -0.2) is 22.4 Å². The van der Waals surface area contributed by atoms with E-state index in [0.29, 0.717) is 11.1 Å². The number of aliphatic hydroxyl groups is 1. The van der Waals surface area contributed by atoms with E-state index in [4.69, 9.17) is 16.7 Å². The fourth-order valence-electron chi connectivity index (χ4n) is 1.68. The number of hydrogen-bond acceptors (Lipinski definition) is 3. The van der Waals surface area contributed by atoms with Gasteiger partial charge >= 0.3 is 0 Å². The summed E-state index contributed by atoms with van der Waals surface area (Å²) in [5, 5.41) is 22.0. The lowest BCUT2D eigenvalue weighted by atomic mass is 9.89. The van der Waals surface area contributed by atoms with Gasteiger partial charge in [0, 0.05) is 12.6 Å². The van der Waals surface area contributed by atoms with Crippen molar-refractivity contribution in [2.24, 2.45) is 0 Å². The maximum absolute atomic E-state index is 9.23. The number of benzene rings is 1. The summed E-state index contributed by atoms with van der Waals surface area (Å²) in [7, 11) is 0. The van der Waals surface area contributed by atoms with Gasteiger partial charge in [-0.15, -0.1) is 0 Å². The van der Waals surface area contributed by atoms with E-state index in [1.807, 2.05) is 6.07 Å². The van der Waals surface area contributed by atoms with E-state index in [-0.39, 0.29) is 11.9 Å². The largest absolute Gasteiger partial charge is 0.506 e. The molecule has 0 unspecified atom stereocenters. The molecule has 0 aliphatic heterocycles. The summed E-state index contributed by atoms with van der Waals surface area (Å²) in [6.45, 7) is 0.720. The molecule has 0 bridgehead atoms. The molecule has 2 rings (SSSR count). The molecular weight excluding hydrogens is 214 g/mol. The van der Waals surface area contributed by atoms with Gasteiger partial charge in [0.1, 0.15) is 5.75 Å². The average Bonchev–Trinajstić information content (AvgIpc) is 2.16. The van der Waals surface area contributed by atoms with Crippen molar-refractivity contribution in [2.45, 2.75) is 31.5 Å². The number of aromatic hydroxyl groups is 1. The fourth-order valence-corrected chi connectivity index (χ4v) is 1.88. The van der Waals surface area contributed by atoms with E-state index in [9.17, 15) is 5.11 Å². The second kappa shape index (κ2) is 4.39. The summed E-state index contributed by atoms with van der Waals surface area (Å²) in [6, 6.07) is 5.59. The zero-order valence-electron chi connectivity index (χ0n) is 8.28. The molecule has 4 heteroatoms. The maximum Gasteiger partial charge on any atom is 0.134 e. The first-order valence-corrected chi connectivity index (χ1v) is 5.42. The number of rotatable bonds is 3. The van der Waals surface area contributed by atoms with Crippen molar-refractivity contribution < 1.29 is 10.2 Å². The zero-order valence-corrected chi connectivity index (χ0v) is 9.04. The van der Waals surface area contributed by atoms with Crippen molar-refractivity contribution in [3.05, 3.63) is 28.8 Å². The molecule has 1 aliphatic rings. The van der Waals surface area contributed by atoms with Gasteiger partial charge < -0.3 is 15.5 Å². The third-order valence-electron chi connectivity index (χ3n) is 2.72. The molecule has 0 saturated heterocycles. The molecule has 15 heavy (non-hydrogen) atoms. The average molecular weight is 228 g/mol. The number of nitrogens with one attached hydrogen (secondary N) is 1. The van der Waals surface area contributed by atoms with Crippen molar-refractivity contribution in [3.63, 3.8) is 0 Å². The molecule has 0 heterocycles. The number of phenolic OH excluding ortho intramolecular Hbond substituents is 1. The summed E-state index contributed by atoms with van der Waals surface area (Å²) in [6.07, 6.45) is 1.52. The predicted octanol–water partition coefficient (Wildman–Crippen LogP) is 1.66. The third kappa shape index (κ3) is 2.62. The minimum atomic E-state index is -0.133. The normalized spacial score (nSPS) is 24.9. The number of phenols is 1. The topological polar surface area (TPSA) is 52.5 Å². The Morgan fingerprint density at radius 3 is 2.73 bits per heavy atom. The first kappa shape index (κ1) is 10.7. The Morgan fingerprint density at radius 2 is 2.13 bits per heavy atom. The van der Waals surface area contributed by atoms with E-state index >= 15 is 0 Å². The smallest absolute Gasteiger partial charge is 0.134 e. The highest BCUT2D eigenvalue weighted by Gasteiger charge is 2.26. The van der Waals surface area contributed by atoms with E-state index < -0.39 is 0 Å². The van der Waals surface area contributed by atoms with Crippen LogP contribution in [0.2, 0.25) is 5.02 Å². The molecular formula is C11H14ClNO2. The lowest BCUT2D eigenvalue weighted by molar-refractivity contribution is 0.0619. The van der Waals surface area contributed by atoms with Crippen LogP contribution in [0.4, 0.5) is 0 Å². The monoisotopic (exact) mass is 227 g/mol. The molecule has 1 aromatic rings. The minimum absolute atomic E-state index is 0.111. The van der Waals surface area contributed by atoms with Crippen LogP contribution in [0.15, 0.2) is 18.2 Å². The zero-order chi connectivity index (χ0) is 10.8. The van der Waals surface area contributed by atoms with Gasteiger partial charge in [0.25, 0.3) is 0 Å². The molecule has 0 radical (unpaired) electrons. The van der Waals surface area contributed by atoms with Crippen LogP contribution in [0.25, 0.3) is 0 Å². The first-order valence-electron chi connectivity index (χ1n) is 5.04. The van der Waals surface area contributed by atoms with Crippen molar-refractivity contribution >= 4 is 11.6 Å². The van der Waals surface area contributed by atoms with Crippen molar-refractivity contribution in [1.82, 2.24) is 5.32 Å². The number of hydrogen-bond donors (Lipinski definition) is 3. The summed E-state index contributed by atoms with van der Waals surface area (Å²) in [4.78, 5) is 0. The molecule has 1 saturated carbocycles. The second-order valence-electron chi connectivity index (χ2n) is 3.99. The van der Waals surface area contributed by atoms with Gasteiger partial charge in [-0.25, -0.2) is 0 Å². The molecule has 1 aromatic carbocycles. The number of aliphatic hydroxyl groups excluding tert-OH is 1. The van der Waals surface area contributed by atoms with Gasteiger partial charge in [0.2, 0.25) is 0 Å². The first-order chi connectivity index (χ1) is 7.15. The molecule has 1 aliphatic carbocycles. The molecule has 0 spiro atoms. The number of halogens is 1. The van der Waals surface area contributed by atoms with E-state index in [0.717, 1.165) is 24.9 Å². The Balaban J connectivity index is 1.86. The molecule has 82 valence electrons. The van der Waals surface area contributed by atoms with Gasteiger partial charge in [-0.05, 0) is 30.5 Å². The van der Waals surface area contributed by atoms with Crippen molar-refractivity contribution in [1.29, 1.82) is 0 Å². The Kier molecular flexibility index (Phi) is 3.14. The Morgan fingerprint density at radius 1 is 1.40 bits per heavy atom. The Labute approximate surface area is 93.7 Å². The van der Waals surface area contributed by atoms with Crippen molar-refractivity contribution in [2.75, 3.05) is 0 Å². The predicted molar refractivity (Wildman–Crippen MR) is 59.0 cm³/mol. The molecule has 0 atom stereocenters.